The Balaban J connectivity index is 1.57. The second-order valence-corrected chi connectivity index (χ2v) is 8.62. The highest BCUT2D eigenvalue weighted by atomic mass is 35.5. The molecule has 0 spiro atoms. The van der Waals surface area contributed by atoms with Crippen LogP contribution in [0.3, 0.4) is 0 Å². The van der Waals surface area contributed by atoms with E-state index in [1.165, 1.54) is 4.31 Å². The van der Waals surface area contributed by atoms with E-state index < -0.39 is 10.0 Å². The van der Waals surface area contributed by atoms with Gasteiger partial charge in [0.1, 0.15) is 0 Å². The van der Waals surface area contributed by atoms with E-state index in [0.717, 1.165) is 11.8 Å². The monoisotopic (exact) mass is 398 g/mol. The molecule has 1 N–H and O–H groups in total. The number of sulfonamides is 1. The van der Waals surface area contributed by atoms with Gasteiger partial charge in [-0.1, -0.05) is 16.8 Å². The fourth-order valence-electron chi connectivity index (χ4n) is 2.81. The minimum atomic E-state index is -3.29. The maximum Gasteiger partial charge on any atom is 0.246 e. The molecular formula is C16H19ClN4O4S. The summed E-state index contributed by atoms with van der Waals surface area (Å²) in [5.41, 5.74) is 0.756. The van der Waals surface area contributed by atoms with Crippen LogP contribution in [0.5, 0.6) is 0 Å². The number of hydrogen-bond acceptors (Lipinski definition) is 6. The molecule has 1 amide bonds. The number of halogens is 1. The predicted molar refractivity (Wildman–Crippen MR) is 95.7 cm³/mol. The lowest BCUT2D eigenvalue weighted by Crippen LogP contribution is -2.44. The second-order valence-electron chi connectivity index (χ2n) is 6.20. The molecule has 1 aromatic heterocycles. The summed E-state index contributed by atoms with van der Waals surface area (Å²) in [6.07, 6.45) is 2.47. The van der Waals surface area contributed by atoms with E-state index in [9.17, 15) is 13.2 Å². The van der Waals surface area contributed by atoms with Gasteiger partial charge in [0.15, 0.2) is 0 Å². The normalized spacial score (nSPS) is 18.6. The van der Waals surface area contributed by atoms with Gasteiger partial charge in [-0.3, -0.25) is 4.79 Å². The Labute approximate surface area is 156 Å². The highest BCUT2D eigenvalue weighted by Gasteiger charge is 2.30. The topological polar surface area (TPSA) is 105 Å². The third-order valence-corrected chi connectivity index (χ3v) is 5.73. The summed E-state index contributed by atoms with van der Waals surface area (Å²) in [5, 5.41) is 7.23. The fourth-order valence-corrected chi connectivity index (χ4v) is 3.85. The van der Waals surface area contributed by atoms with Crippen LogP contribution in [-0.4, -0.2) is 48.1 Å². The molecule has 1 aliphatic rings. The molecular weight excluding hydrogens is 380 g/mol. The number of benzene rings is 1. The van der Waals surface area contributed by atoms with Crippen molar-refractivity contribution in [1.29, 1.82) is 0 Å². The molecule has 1 saturated heterocycles. The van der Waals surface area contributed by atoms with Crippen LogP contribution in [-0.2, 0) is 21.4 Å². The second kappa shape index (κ2) is 7.73. The van der Waals surface area contributed by atoms with Crippen molar-refractivity contribution < 1.29 is 17.7 Å². The average Bonchev–Trinajstić information content (AvgIpc) is 3.08. The van der Waals surface area contributed by atoms with E-state index in [1.807, 2.05) is 0 Å². The summed E-state index contributed by atoms with van der Waals surface area (Å²) < 4.78 is 29.8. The van der Waals surface area contributed by atoms with E-state index in [-0.39, 0.29) is 30.8 Å². The lowest BCUT2D eigenvalue weighted by molar-refractivity contribution is -0.126. The number of carbonyl (C=O) groups excluding carboxylic acids is 1. The van der Waals surface area contributed by atoms with Crippen molar-refractivity contribution in [3.8, 4) is 11.4 Å². The first-order valence-electron chi connectivity index (χ1n) is 8.14. The predicted octanol–water partition coefficient (Wildman–Crippen LogP) is 1.68. The van der Waals surface area contributed by atoms with Gasteiger partial charge in [0.25, 0.3) is 0 Å². The van der Waals surface area contributed by atoms with Crippen molar-refractivity contribution in [2.45, 2.75) is 19.4 Å². The van der Waals surface area contributed by atoms with Crippen LogP contribution in [0.25, 0.3) is 11.4 Å². The zero-order chi connectivity index (χ0) is 18.7. The largest absolute Gasteiger partial charge is 0.347 e. The number of piperidine rings is 1. The van der Waals surface area contributed by atoms with Crippen LogP contribution < -0.4 is 5.32 Å². The van der Waals surface area contributed by atoms with Crippen LogP contribution in [0, 0.1) is 5.92 Å². The Bertz CT molecular complexity index is 882. The van der Waals surface area contributed by atoms with E-state index in [4.69, 9.17) is 16.1 Å². The number of hydrogen-bond donors (Lipinski definition) is 1. The van der Waals surface area contributed by atoms with Gasteiger partial charge in [-0.25, -0.2) is 12.7 Å². The lowest BCUT2D eigenvalue weighted by atomic mass is 9.99. The van der Waals surface area contributed by atoms with E-state index in [0.29, 0.717) is 30.2 Å². The zero-order valence-corrected chi connectivity index (χ0v) is 15.8. The minimum absolute atomic E-state index is 0.0921. The lowest BCUT2D eigenvalue weighted by Gasteiger charge is -2.29. The first-order valence-corrected chi connectivity index (χ1v) is 10.4. The van der Waals surface area contributed by atoms with Gasteiger partial charge in [0.05, 0.1) is 18.7 Å². The van der Waals surface area contributed by atoms with Crippen LogP contribution in [0.1, 0.15) is 18.7 Å². The summed E-state index contributed by atoms with van der Waals surface area (Å²) in [7, 11) is -3.29. The van der Waals surface area contributed by atoms with E-state index in [2.05, 4.69) is 15.5 Å². The maximum absolute atomic E-state index is 12.3. The Morgan fingerprint density at radius 2 is 2.12 bits per heavy atom. The molecule has 8 nitrogen and oxygen atoms in total. The van der Waals surface area contributed by atoms with Crippen LogP contribution >= 0.6 is 11.6 Å². The highest BCUT2D eigenvalue weighted by molar-refractivity contribution is 7.88. The fraction of sp³-hybridized carbons (Fsp3) is 0.438. The Morgan fingerprint density at radius 3 is 2.81 bits per heavy atom. The van der Waals surface area contributed by atoms with Crippen molar-refractivity contribution in [2.75, 3.05) is 19.3 Å². The van der Waals surface area contributed by atoms with Crippen molar-refractivity contribution in [2.24, 2.45) is 5.92 Å². The molecule has 0 bridgehead atoms. The molecule has 0 saturated carbocycles. The van der Waals surface area contributed by atoms with Crippen molar-refractivity contribution in [3.05, 3.63) is 35.2 Å². The number of amides is 1. The van der Waals surface area contributed by atoms with Gasteiger partial charge in [-0.15, -0.1) is 0 Å². The molecule has 140 valence electrons. The Kier molecular flexibility index (Phi) is 5.59. The van der Waals surface area contributed by atoms with Gasteiger partial charge in [-0.05, 0) is 37.1 Å². The standard InChI is InChI=1S/C16H19ClN4O4S/c1-26(23,24)21-8-2-3-12(10-21)16(22)18-9-14-19-15(20-25-14)11-4-6-13(17)7-5-11/h4-7,12H,2-3,8-10H2,1H3,(H,18,22)/t12-/m1/s1. The smallest absolute Gasteiger partial charge is 0.246 e. The third-order valence-electron chi connectivity index (χ3n) is 4.21. The molecule has 0 radical (unpaired) electrons. The van der Waals surface area contributed by atoms with Crippen molar-refractivity contribution >= 4 is 27.5 Å². The summed E-state index contributed by atoms with van der Waals surface area (Å²) in [6, 6.07) is 7.01. The molecule has 1 aliphatic heterocycles. The SMILES string of the molecule is CS(=O)(=O)N1CCC[C@@H](C(=O)NCc2nc(-c3ccc(Cl)cc3)no2)C1. The Hall–Kier alpha value is -1.97. The molecule has 3 rings (SSSR count). The molecule has 26 heavy (non-hydrogen) atoms. The highest BCUT2D eigenvalue weighted by Crippen LogP contribution is 2.20. The van der Waals surface area contributed by atoms with Crippen LogP contribution in [0.15, 0.2) is 28.8 Å². The van der Waals surface area contributed by atoms with Gasteiger partial charge < -0.3 is 9.84 Å². The van der Waals surface area contributed by atoms with Gasteiger partial charge in [-0.2, -0.15) is 4.98 Å². The summed E-state index contributed by atoms with van der Waals surface area (Å²) in [5.74, 6) is 0.0904. The number of carbonyl (C=O) groups is 1. The molecule has 2 aromatic rings. The van der Waals surface area contributed by atoms with Crippen molar-refractivity contribution in [1.82, 2.24) is 19.8 Å². The molecule has 1 atom stereocenters. The number of aromatic nitrogens is 2. The first-order chi connectivity index (χ1) is 12.3. The average molecular weight is 399 g/mol. The third kappa shape index (κ3) is 4.60. The number of nitrogens with zero attached hydrogens (tertiary/aromatic N) is 3. The molecule has 0 unspecified atom stereocenters. The quantitative estimate of drug-likeness (QED) is 0.821. The van der Waals surface area contributed by atoms with Crippen LogP contribution in [0.4, 0.5) is 0 Å². The zero-order valence-electron chi connectivity index (χ0n) is 14.2. The van der Waals surface area contributed by atoms with Gasteiger partial charge >= 0.3 is 0 Å². The molecule has 1 aromatic carbocycles. The van der Waals surface area contributed by atoms with Gasteiger partial charge in [0.2, 0.25) is 27.6 Å². The van der Waals surface area contributed by atoms with Gasteiger partial charge in [0, 0.05) is 23.7 Å². The molecule has 10 heteroatoms. The van der Waals surface area contributed by atoms with E-state index in [1.54, 1.807) is 24.3 Å². The first kappa shape index (κ1) is 18.8. The maximum atomic E-state index is 12.3. The summed E-state index contributed by atoms with van der Waals surface area (Å²) in [6.45, 7) is 0.746. The van der Waals surface area contributed by atoms with Crippen LogP contribution in [0.2, 0.25) is 5.02 Å². The summed E-state index contributed by atoms with van der Waals surface area (Å²) in [4.78, 5) is 16.6. The molecule has 2 heterocycles. The number of nitrogens with one attached hydrogen (secondary N) is 1. The molecule has 0 aliphatic carbocycles. The van der Waals surface area contributed by atoms with Crippen molar-refractivity contribution in [3.63, 3.8) is 0 Å². The molecule has 1 fully saturated rings. The number of rotatable bonds is 5. The van der Waals surface area contributed by atoms with E-state index >= 15 is 0 Å². The summed E-state index contributed by atoms with van der Waals surface area (Å²) >= 11 is 5.85. The minimum Gasteiger partial charge on any atom is -0.347 e. The Morgan fingerprint density at radius 1 is 1.38 bits per heavy atom.